The van der Waals surface area contributed by atoms with Gasteiger partial charge in [0.05, 0.1) is 11.1 Å². The number of rotatable bonds is 11. The van der Waals surface area contributed by atoms with Gasteiger partial charge in [-0.2, -0.15) is 4.31 Å². The molecule has 0 saturated heterocycles. The van der Waals surface area contributed by atoms with Crippen LogP contribution in [0.3, 0.4) is 0 Å². The van der Waals surface area contributed by atoms with Crippen molar-refractivity contribution in [1.82, 2.24) is 9.62 Å². The fourth-order valence-electron chi connectivity index (χ4n) is 3.25. The predicted molar refractivity (Wildman–Crippen MR) is 131 cm³/mol. The molecule has 0 saturated carbocycles. The molecule has 2 rings (SSSR count). The van der Waals surface area contributed by atoms with Crippen LogP contribution in [-0.2, 0) is 16.4 Å². The third-order valence-electron chi connectivity index (χ3n) is 5.03. The fraction of sp³-hybridized carbons (Fsp3) is 0.455. The Morgan fingerprint density at radius 1 is 1.19 bits per heavy atom. The quantitative estimate of drug-likeness (QED) is 0.406. The molecule has 0 spiro atoms. The number of aliphatic hydroxyl groups excluding tert-OH is 1. The first kappa shape index (κ1) is 26.6. The van der Waals surface area contributed by atoms with Gasteiger partial charge in [0.2, 0.25) is 10.0 Å². The van der Waals surface area contributed by atoms with E-state index in [0.29, 0.717) is 5.02 Å². The minimum atomic E-state index is -3.90. The standard InChI is InChI=1S/C22H29BrCl2N2O3S/c1-22(2,11-7-10-16-8-5-4-6-9-16)26-14-18(28)15-27(3)31(29,30)21-19(23)12-17(24)13-20(21)25/h4-6,8-9,12-13,18,26,28H,7,10-11,14-15H2,1-3H3/t18-/m1/s1. The molecule has 2 aromatic carbocycles. The van der Waals surface area contributed by atoms with Crippen LogP contribution in [0.2, 0.25) is 10.0 Å². The average molecular weight is 552 g/mol. The first-order chi connectivity index (χ1) is 14.4. The summed E-state index contributed by atoms with van der Waals surface area (Å²) in [6, 6.07) is 13.2. The van der Waals surface area contributed by atoms with Crippen LogP contribution >= 0.6 is 39.1 Å². The van der Waals surface area contributed by atoms with E-state index in [0.717, 1.165) is 23.6 Å². The van der Waals surface area contributed by atoms with Crippen LogP contribution in [0.25, 0.3) is 0 Å². The van der Waals surface area contributed by atoms with Crippen molar-refractivity contribution in [3.05, 3.63) is 62.5 Å². The van der Waals surface area contributed by atoms with E-state index in [2.05, 4.69) is 47.2 Å². The van der Waals surface area contributed by atoms with E-state index in [-0.39, 0.29) is 33.0 Å². The number of sulfonamides is 1. The van der Waals surface area contributed by atoms with Crippen LogP contribution in [0.5, 0.6) is 0 Å². The zero-order chi connectivity index (χ0) is 23.2. The SMILES string of the molecule is CN(C[C@H](O)CNC(C)(C)CCCc1ccccc1)S(=O)(=O)c1c(Cl)cc(Cl)cc1Br. The summed E-state index contributed by atoms with van der Waals surface area (Å²) in [4.78, 5) is -0.0672. The topological polar surface area (TPSA) is 69.6 Å². The number of aryl methyl sites for hydroxylation is 1. The van der Waals surface area contributed by atoms with Gasteiger partial charge >= 0.3 is 0 Å². The number of hydrogen-bond donors (Lipinski definition) is 2. The van der Waals surface area contributed by atoms with E-state index in [1.54, 1.807) is 0 Å². The highest BCUT2D eigenvalue weighted by Gasteiger charge is 2.29. The molecular weight excluding hydrogens is 523 g/mol. The largest absolute Gasteiger partial charge is 0.390 e. The molecule has 0 aromatic heterocycles. The lowest BCUT2D eigenvalue weighted by Gasteiger charge is -2.29. The van der Waals surface area contributed by atoms with Gasteiger partial charge in [0.1, 0.15) is 4.90 Å². The molecule has 31 heavy (non-hydrogen) atoms. The molecule has 0 unspecified atom stereocenters. The maximum absolute atomic E-state index is 12.9. The Labute approximate surface area is 203 Å². The van der Waals surface area contributed by atoms with Crippen molar-refractivity contribution >= 4 is 49.2 Å². The number of aliphatic hydroxyl groups is 1. The summed E-state index contributed by atoms with van der Waals surface area (Å²) in [6.07, 6.45) is 2.05. The number of likely N-dealkylation sites (N-methyl/N-ethyl adjacent to an activating group) is 1. The van der Waals surface area contributed by atoms with Crippen molar-refractivity contribution in [2.75, 3.05) is 20.1 Å². The van der Waals surface area contributed by atoms with Gasteiger partial charge in [-0.3, -0.25) is 0 Å². The van der Waals surface area contributed by atoms with E-state index in [9.17, 15) is 13.5 Å². The Kier molecular flexibility index (Phi) is 9.82. The highest BCUT2D eigenvalue weighted by Crippen LogP contribution is 2.34. The number of halogens is 3. The molecule has 0 aliphatic rings. The summed E-state index contributed by atoms with van der Waals surface area (Å²) in [5.41, 5.74) is 1.12. The molecule has 172 valence electrons. The van der Waals surface area contributed by atoms with E-state index in [4.69, 9.17) is 23.2 Å². The van der Waals surface area contributed by atoms with Gasteiger partial charge < -0.3 is 10.4 Å². The lowest BCUT2D eigenvalue weighted by molar-refractivity contribution is 0.138. The third kappa shape index (κ3) is 8.00. The molecule has 5 nitrogen and oxygen atoms in total. The van der Waals surface area contributed by atoms with Crippen LogP contribution in [0.15, 0.2) is 51.8 Å². The second kappa shape index (κ2) is 11.5. The number of nitrogens with one attached hydrogen (secondary N) is 1. The number of hydrogen-bond acceptors (Lipinski definition) is 4. The summed E-state index contributed by atoms with van der Waals surface area (Å²) in [6.45, 7) is 4.36. The lowest BCUT2D eigenvalue weighted by Crippen LogP contribution is -2.46. The Hall–Kier alpha value is -0.670. The second-order valence-corrected chi connectivity index (χ2v) is 11.9. The van der Waals surface area contributed by atoms with Crippen molar-refractivity contribution in [2.24, 2.45) is 0 Å². The molecular formula is C22H29BrCl2N2O3S. The van der Waals surface area contributed by atoms with Crippen molar-refractivity contribution < 1.29 is 13.5 Å². The maximum atomic E-state index is 12.9. The van der Waals surface area contributed by atoms with Gasteiger partial charge in [-0.1, -0.05) is 53.5 Å². The van der Waals surface area contributed by atoms with Gasteiger partial charge in [0.25, 0.3) is 0 Å². The van der Waals surface area contributed by atoms with Crippen LogP contribution in [0.1, 0.15) is 32.3 Å². The molecule has 0 aliphatic carbocycles. The van der Waals surface area contributed by atoms with Crippen molar-refractivity contribution in [3.8, 4) is 0 Å². The second-order valence-electron chi connectivity index (χ2n) is 8.24. The predicted octanol–water partition coefficient (Wildman–Crippen LogP) is 5.13. The van der Waals surface area contributed by atoms with Gasteiger partial charge in [0.15, 0.2) is 0 Å². The van der Waals surface area contributed by atoms with Crippen LogP contribution in [0, 0.1) is 0 Å². The third-order valence-corrected chi connectivity index (χ3v) is 8.47. The zero-order valence-electron chi connectivity index (χ0n) is 17.9. The summed E-state index contributed by atoms with van der Waals surface area (Å²) in [7, 11) is -2.49. The summed E-state index contributed by atoms with van der Waals surface area (Å²) < 4.78 is 27.2. The van der Waals surface area contributed by atoms with Crippen molar-refractivity contribution in [1.29, 1.82) is 0 Å². The first-order valence-electron chi connectivity index (χ1n) is 10.0. The van der Waals surface area contributed by atoms with Gasteiger partial charge in [-0.15, -0.1) is 0 Å². The number of β-amino-alcohol motifs (C(OH)–C–C–N with tert-alkyl or cyclic N) is 1. The molecule has 0 bridgehead atoms. The Balaban J connectivity index is 1.89. The first-order valence-corrected chi connectivity index (χ1v) is 13.0. The summed E-state index contributed by atoms with van der Waals surface area (Å²) >= 11 is 15.3. The molecule has 0 aliphatic heterocycles. The molecule has 1 atom stereocenters. The lowest BCUT2D eigenvalue weighted by atomic mass is 9.95. The number of benzene rings is 2. The molecule has 2 N–H and O–H groups in total. The molecule has 0 fully saturated rings. The normalized spacial score (nSPS) is 13.5. The van der Waals surface area contributed by atoms with E-state index in [1.807, 2.05) is 18.2 Å². The summed E-state index contributed by atoms with van der Waals surface area (Å²) in [5, 5.41) is 14.1. The van der Waals surface area contributed by atoms with Crippen LogP contribution in [0.4, 0.5) is 0 Å². The van der Waals surface area contributed by atoms with Crippen molar-refractivity contribution in [2.45, 2.75) is 49.6 Å². The maximum Gasteiger partial charge on any atom is 0.245 e. The molecule has 0 radical (unpaired) electrons. The van der Waals surface area contributed by atoms with Gasteiger partial charge in [-0.25, -0.2) is 8.42 Å². The molecule has 9 heteroatoms. The van der Waals surface area contributed by atoms with Gasteiger partial charge in [-0.05, 0) is 66.7 Å². The van der Waals surface area contributed by atoms with Crippen LogP contribution < -0.4 is 5.32 Å². The van der Waals surface area contributed by atoms with E-state index in [1.165, 1.54) is 24.7 Å². The van der Waals surface area contributed by atoms with Gasteiger partial charge in [0, 0.05) is 35.2 Å². The molecule has 2 aromatic rings. The number of nitrogens with zero attached hydrogens (tertiary/aromatic N) is 1. The van der Waals surface area contributed by atoms with E-state index < -0.39 is 16.1 Å². The Morgan fingerprint density at radius 2 is 1.84 bits per heavy atom. The average Bonchev–Trinajstić information content (AvgIpc) is 2.66. The fourth-order valence-corrected chi connectivity index (χ4v) is 6.65. The monoisotopic (exact) mass is 550 g/mol. The molecule has 0 amide bonds. The minimum Gasteiger partial charge on any atom is -0.390 e. The Morgan fingerprint density at radius 3 is 2.45 bits per heavy atom. The highest BCUT2D eigenvalue weighted by molar-refractivity contribution is 9.10. The van der Waals surface area contributed by atoms with E-state index >= 15 is 0 Å². The Bertz CT molecular complexity index is 949. The minimum absolute atomic E-state index is 0.0263. The van der Waals surface area contributed by atoms with Crippen molar-refractivity contribution in [3.63, 3.8) is 0 Å². The smallest absolute Gasteiger partial charge is 0.245 e. The highest BCUT2D eigenvalue weighted by atomic mass is 79.9. The van der Waals surface area contributed by atoms with Crippen LogP contribution in [-0.4, -0.2) is 49.6 Å². The molecule has 0 heterocycles. The zero-order valence-corrected chi connectivity index (χ0v) is 21.8. The summed E-state index contributed by atoms with van der Waals surface area (Å²) in [5.74, 6) is 0.